The van der Waals surface area contributed by atoms with Crippen LogP contribution >= 0.6 is 11.6 Å². The minimum absolute atomic E-state index is 0.428. The van der Waals surface area contributed by atoms with Crippen molar-refractivity contribution in [2.75, 3.05) is 4.90 Å². The van der Waals surface area contributed by atoms with E-state index < -0.39 is 5.97 Å². The largest absolute Gasteiger partial charge is 0.478 e. The van der Waals surface area contributed by atoms with Crippen molar-refractivity contribution in [1.82, 2.24) is 0 Å². The maximum atomic E-state index is 10.7. The quantitative estimate of drug-likeness (QED) is 0.846. The molecule has 1 saturated heterocycles. The zero-order chi connectivity index (χ0) is 14.7. The van der Waals surface area contributed by atoms with Crippen molar-refractivity contribution in [2.45, 2.75) is 45.2 Å². The Morgan fingerprint density at radius 1 is 1.50 bits per heavy atom. The van der Waals surface area contributed by atoms with Crippen molar-refractivity contribution in [3.8, 4) is 0 Å². The summed E-state index contributed by atoms with van der Waals surface area (Å²) in [6.45, 7) is 4.38. The Morgan fingerprint density at radius 2 is 2.25 bits per heavy atom. The number of rotatable bonds is 4. The molecule has 0 radical (unpaired) electrons. The summed E-state index contributed by atoms with van der Waals surface area (Å²) in [6.07, 6.45) is 6.16. The minimum atomic E-state index is -0.947. The molecule has 0 aromatic heterocycles. The summed E-state index contributed by atoms with van der Waals surface area (Å²) >= 11 is 6.39. The number of aliphatic carboxylic acids is 1. The number of anilines is 1. The summed E-state index contributed by atoms with van der Waals surface area (Å²) in [4.78, 5) is 13.1. The van der Waals surface area contributed by atoms with E-state index >= 15 is 0 Å². The van der Waals surface area contributed by atoms with Gasteiger partial charge in [-0.05, 0) is 43.9 Å². The maximum Gasteiger partial charge on any atom is 0.328 e. The molecule has 1 aromatic rings. The molecular formula is C16H20ClNO2. The lowest BCUT2D eigenvalue weighted by atomic mass is 10.1. The molecule has 4 heteroatoms. The molecule has 0 spiro atoms. The first-order chi connectivity index (χ1) is 9.54. The highest BCUT2D eigenvalue weighted by atomic mass is 35.5. The van der Waals surface area contributed by atoms with Gasteiger partial charge in [-0.2, -0.15) is 0 Å². The Hall–Kier alpha value is -1.48. The number of hydrogen-bond acceptors (Lipinski definition) is 2. The summed E-state index contributed by atoms with van der Waals surface area (Å²) in [6, 6.07) is 6.54. The van der Waals surface area contributed by atoms with E-state index in [2.05, 4.69) is 18.7 Å². The number of hydrogen-bond donors (Lipinski definition) is 1. The van der Waals surface area contributed by atoms with E-state index in [4.69, 9.17) is 16.7 Å². The van der Waals surface area contributed by atoms with E-state index in [-0.39, 0.29) is 0 Å². The molecule has 1 aliphatic heterocycles. The zero-order valence-corrected chi connectivity index (χ0v) is 12.6. The van der Waals surface area contributed by atoms with Gasteiger partial charge in [-0.15, -0.1) is 0 Å². The minimum Gasteiger partial charge on any atom is -0.478 e. The summed E-state index contributed by atoms with van der Waals surface area (Å²) in [5.41, 5.74) is 1.83. The normalized spacial score (nSPS) is 22.6. The van der Waals surface area contributed by atoms with Gasteiger partial charge >= 0.3 is 5.97 Å². The smallest absolute Gasteiger partial charge is 0.328 e. The summed E-state index contributed by atoms with van der Waals surface area (Å²) < 4.78 is 0. The number of para-hydroxylation sites is 1. The second kappa shape index (κ2) is 6.31. The molecule has 0 aliphatic carbocycles. The van der Waals surface area contributed by atoms with Gasteiger partial charge in [-0.1, -0.05) is 30.7 Å². The zero-order valence-electron chi connectivity index (χ0n) is 11.8. The molecular weight excluding hydrogens is 274 g/mol. The van der Waals surface area contributed by atoms with E-state index in [0.29, 0.717) is 17.1 Å². The highest BCUT2D eigenvalue weighted by Crippen LogP contribution is 2.39. The lowest BCUT2D eigenvalue weighted by molar-refractivity contribution is -0.131. The van der Waals surface area contributed by atoms with E-state index in [9.17, 15) is 4.79 Å². The van der Waals surface area contributed by atoms with Crippen molar-refractivity contribution in [1.29, 1.82) is 0 Å². The highest BCUT2D eigenvalue weighted by Gasteiger charge is 2.31. The van der Waals surface area contributed by atoms with Gasteiger partial charge in [0.05, 0.1) is 10.7 Å². The van der Waals surface area contributed by atoms with Gasteiger partial charge in [0.25, 0.3) is 0 Å². The van der Waals surface area contributed by atoms with Crippen molar-refractivity contribution in [3.63, 3.8) is 0 Å². The molecule has 1 aromatic carbocycles. The third-order valence-electron chi connectivity index (χ3n) is 3.94. The molecule has 2 atom stereocenters. The molecule has 1 aliphatic rings. The molecule has 1 heterocycles. The van der Waals surface area contributed by atoms with Crippen LogP contribution in [0.5, 0.6) is 0 Å². The van der Waals surface area contributed by atoms with Crippen LogP contribution in [0.4, 0.5) is 5.69 Å². The number of carboxylic acid groups (broad SMARTS) is 1. The van der Waals surface area contributed by atoms with E-state index in [1.165, 1.54) is 0 Å². The van der Waals surface area contributed by atoms with Crippen LogP contribution in [0.2, 0.25) is 5.02 Å². The molecule has 20 heavy (non-hydrogen) atoms. The fraction of sp³-hybridized carbons (Fsp3) is 0.438. The fourth-order valence-electron chi connectivity index (χ4n) is 2.98. The average molecular weight is 294 g/mol. The van der Waals surface area contributed by atoms with Gasteiger partial charge in [0.2, 0.25) is 0 Å². The molecule has 0 amide bonds. The van der Waals surface area contributed by atoms with Crippen LogP contribution in [0.15, 0.2) is 24.3 Å². The van der Waals surface area contributed by atoms with Crippen LogP contribution < -0.4 is 4.90 Å². The van der Waals surface area contributed by atoms with Crippen LogP contribution in [0.3, 0.4) is 0 Å². The number of carboxylic acids is 1. The first-order valence-electron chi connectivity index (χ1n) is 7.02. The fourth-order valence-corrected chi connectivity index (χ4v) is 3.25. The molecule has 1 N–H and O–H groups in total. The Labute approximate surface area is 124 Å². The lowest BCUT2D eigenvalue weighted by Crippen LogP contribution is -2.34. The number of halogens is 1. The summed E-state index contributed by atoms with van der Waals surface area (Å²) in [5.74, 6) is -0.947. The van der Waals surface area contributed by atoms with E-state index in [0.717, 1.165) is 36.6 Å². The van der Waals surface area contributed by atoms with Gasteiger partial charge in [0, 0.05) is 18.2 Å². The maximum absolute atomic E-state index is 10.7. The molecule has 2 unspecified atom stereocenters. The van der Waals surface area contributed by atoms with Gasteiger partial charge in [0.1, 0.15) is 0 Å². The van der Waals surface area contributed by atoms with Crippen LogP contribution in [0.1, 0.15) is 38.7 Å². The molecule has 1 fully saturated rings. The first kappa shape index (κ1) is 14.9. The highest BCUT2D eigenvalue weighted by molar-refractivity contribution is 6.33. The number of benzene rings is 1. The first-order valence-corrected chi connectivity index (χ1v) is 7.40. The number of carbonyl (C=O) groups is 1. The van der Waals surface area contributed by atoms with Gasteiger partial charge in [0.15, 0.2) is 0 Å². The third kappa shape index (κ3) is 2.98. The molecule has 2 rings (SSSR count). The topological polar surface area (TPSA) is 40.5 Å². The average Bonchev–Trinajstić information content (AvgIpc) is 2.77. The van der Waals surface area contributed by atoms with Crippen molar-refractivity contribution < 1.29 is 9.90 Å². The Bertz CT molecular complexity index is 527. The summed E-state index contributed by atoms with van der Waals surface area (Å²) in [5, 5.41) is 9.50. The number of nitrogens with zero attached hydrogens (tertiary/aromatic N) is 1. The molecule has 108 valence electrons. The van der Waals surface area contributed by atoms with Crippen LogP contribution in [-0.4, -0.2) is 23.2 Å². The van der Waals surface area contributed by atoms with Crippen molar-refractivity contribution >= 4 is 29.3 Å². The van der Waals surface area contributed by atoms with Crippen molar-refractivity contribution in [2.24, 2.45) is 0 Å². The Morgan fingerprint density at radius 3 is 2.90 bits per heavy atom. The van der Waals surface area contributed by atoms with Gasteiger partial charge in [-0.25, -0.2) is 4.79 Å². The molecule has 0 saturated carbocycles. The monoisotopic (exact) mass is 293 g/mol. The predicted octanol–water partition coefficient (Wildman–Crippen LogP) is 4.21. The summed E-state index contributed by atoms with van der Waals surface area (Å²) in [7, 11) is 0. The predicted molar refractivity (Wildman–Crippen MR) is 83.4 cm³/mol. The van der Waals surface area contributed by atoms with Gasteiger partial charge < -0.3 is 10.0 Å². The Balaban J connectivity index is 2.46. The van der Waals surface area contributed by atoms with Crippen LogP contribution in [-0.2, 0) is 4.79 Å². The second-order valence-electron chi connectivity index (χ2n) is 5.24. The van der Waals surface area contributed by atoms with Crippen LogP contribution in [0, 0.1) is 0 Å². The SMILES string of the molecule is CCC1CCC(C)N1c1c(Cl)cccc1/C=C/C(=O)O. The third-order valence-corrected chi connectivity index (χ3v) is 4.24. The molecule has 3 nitrogen and oxygen atoms in total. The van der Waals surface area contributed by atoms with Crippen LogP contribution in [0.25, 0.3) is 6.08 Å². The van der Waals surface area contributed by atoms with Gasteiger partial charge in [-0.3, -0.25) is 0 Å². The second-order valence-corrected chi connectivity index (χ2v) is 5.65. The Kier molecular flexibility index (Phi) is 4.71. The van der Waals surface area contributed by atoms with Crippen molar-refractivity contribution in [3.05, 3.63) is 34.9 Å². The van der Waals surface area contributed by atoms with E-state index in [1.807, 2.05) is 18.2 Å². The molecule has 0 bridgehead atoms. The van der Waals surface area contributed by atoms with E-state index in [1.54, 1.807) is 6.08 Å². The lowest BCUT2D eigenvalue weighted by Gasteiger charge is -2.32. The standard InChI is InChI=1S/C16H20ClNO2/c1-3-13-9-7-11(2)18(13)16-12(8-10-15(19)20)5-4-6-14(16)17/h4-6,8,10-11,13H,3,7,9H2,1-2H3,(H,19,20)/b10-8+.